The number of hydrogen-bond donors (Lipinski definition) is 0. The SMILES string of the molecule is Cc1ccc(C#Cc2cc[n+](C)cc2)cc1.F[P-](F)(F)(F)(F)F. The van der Waals surface area contributed by atoms with Gasteiger partial charge in [0.1, 0.15) is 7.05 Å². The second-order valence-electron chi connectivity index (χ2n) is 4.83. The van der Waals surface area contributed by atoms with E-state index < -0.39 is 7.81 Å². The summed E-state index contributed by atoms with van der Waals surface area (Å²) < 4.78 is 61.2. The van der Waals surface area contributed by atoms with Gasteiger partial charge in [-0.1, -0.05) is 29.5 Å². The Morgan fingerprint density at radius 3 is 1.48 bits per heavy atom. The van der Waals surface area contributed by atoms with Crippen molar-refractivity contribution < 1.29 is 29.7 Å². The summed E-state index contributed by atoms with van der Waals surface area (Å²) in [6.07, 6.45) is 4.00. The molecule has 1 aromatic heterocycles. The Morgan fingerprint density at radius 2 is 1.09 bits per heavy atom. The van der Waals surface area contributed by atoms with Crippen molar-refractivity contribution in [2.45, 2.75) is 6.92 Å². The number of pyridine rings is 1. The predicted molar refractivity (Wildman–Crippen MR) is 78.3 cm³/mol. The zero-order valence-electron chi connectivity index (χ0n) is 12.3. The first-order valence-corrected chi connectivity index (χ1v) is 8.32. The number of hydrogen-bond acceptors (Lipinski definition) is 0. The third-order valence-corrected chi connectivity index (χ3v) is 2.38. The minimum atomic E-state index is -10.7. The zero-order valence-corrected chi connectivity index (χ0v) is 13.2. The van der Waals surface area contributed by atoms with E-state index in [-0.39, 0.29) is 0 Å². The van der Waals surface area contributed by atoms with Crippen molar-refractivity contribution in [3.8, 4) is 11.8 Å². The summed E-state index contributed by atoms with van der Waals surface area (Å²) in [6, 6.07) is 12.3. The fourth-order valence-electron chi connectivity index (χ4n) is 1.37. The molecule has 1 nitrogen and oxygen atoms in total. The van der Waals surface area contributed by atoms with Gasteiger partial charge >= 0.3 is 33.0 Å². The summed E-state index contributed by atoms with van der Waals surface area (Å²) in [5.41, 5.74) is 3.36. The summed E-state index contributed by atoms with van der Waals surface area (Å²) in [5, 5.41) is 0. The second-order valence-corrected chi connectivity index (χ2v) is 6.74. The Hall–Kier alpha value is -2.06. The fourth-order valence-corrected chi connectivity index (χ4v) is 1.37. The van der Waals surface area contributed by atoms with E-state index in [9.17, 15) is 25.2 Å². The van der Waals surface area contributed by atoms with Gasteiger partial charge in [0.25, 0.3) is 0 Å². The van der Waals surface area contributed by atoms with Gasteiger partial charge in [-0.2, -0.15) is 0 Å². The van der Waals surface area contributed by atoms with Gasteiger partial charge < -0.3 is 0 Å². The molecule has 0 aliphatic rings. The predicted octanol–water partition coefficient (Wildman–Crippen LogP) is 5.60. The van der Waals surface area contributed by atoms with Crippen LogP contribution < -0.4 is 4.57 Å². The van der Waals surface area contributed by atoms with Gasteiger partial charge in [0.05, 0.1) is 0 Å². The van der Waals surface area contributed by atoms with Crippen LogP contribution in [0.4, 0.5) is 25.2 Å². The van der Waals surface area contributed by atoms with Crippen LogP contribution in [0.1, 0.15) is 16.7 Å². The molecular weight excluding hydrogens is 339 g/mol. The molecule has 1 heterocycles. The average molecular weight is 353 g/mol. The summed E-state index contributed by atoms with van der Waals surface area (Å²) in [7, 11) is -8.66. The summed E-state index contributed by atoms with van der Waals surface area (Å²) in [5.74, 6) is 6.29. The maximum atomic E-state index is 9.87. The Kier molecular flexibility index (Phi) is 4.84. The Labute approximate surface area is 129 Å². The van der Waals surface area contributed by atoms with E-state index in [2.05, 4.69) is 30.9 Å². The van der Waals surface area contributed by atoms with Crippen LogP contribution in [0.5, 0.6) is 0 Å². The van der Waals surface area contributed by atoms with Crippen molar-refractivity contribution in [3.05, 3.63) is 65.5 Å². The molecule has 1 aromatic carbocycles. The average Bonchev–Trinajstić information content (AvgIpc) is 2.36. The van der Waals surface area contributed by atoms with E-state index in [1.54, 1.807) is 0 Å². The Balaban J connectivity index is 0.000000322. The molecular formula is C15H14F6NP. The van der Waals surface area contributed by atoms with Gasteiger partial charge in [0.15, 0.2) is 12.4 Å². The minimum absolute atomic E-state index is 1.04. The van der Waals surface area contributed by atoms with E-state index in [1.165, 1.54) is 5.56 Å². The van der Waals surface area contributed by atoms with Crippen LogP contribution >= 0.6 is 7.81 Å². The topological polar surface area (TPSA) is 3.88 Å². The zero-order chi connectivity index (χ0) is 17.8. The third-order valence-electron chi connectivity index (χ3n) is 2.38. The van der Waals surface area contributed by atoms with E-state index >= 15 is 0 Å². The molecule has 0 bridgehead atoms. The van der Waals surface area contributed by atoms with Crippen molar-refractivity contribution in [1.82, 2.24) is 0 Å². The van der Waals surface area contributed by atoms with E-state index in [1.807, 2.05) is 48.3 Å². The van der Waals surface area contributed by atoms with Gasteiger partial charge in [0, 0.05) is 23.3 Å². The van der Waals surface area contributed by atoms with Crippen LogP contribution in [0.25, 0.3) is 0 Å². The number of halogens is 6. The number of aromatic nitrogens is 1. The molecule has 23 heavy (non-hydrogen) atoms. The molecule has 0 spiro atoms. The van der Waals surface area contributed by atoms with Crippen LogP contribution in [0.15, 0.2) is 48.8 Å². The molecule has 0 radical (unpaired) electrons. The van der Waals surface area contributed by atoms with Crippen molar-refractivity contribution >= 4 is 7.81 Å². The number of aryl methyl sites for hydroxylation is 2. The van der Waals surface area contributed by atoms with Crippen LogP contribution in [-0.4, -0.2) is 0 Å². The molecule has 0 amide bonds. The van der Waals surface area contributed by atoms with Gasteiger partial charge in [-0.25, -0.2) is 4.57 Å². The molecule has 2 rings (SSSR count). The number of nitrogens with zero attached hydrogens (tertiary/aromatic N) is 1. The molecule has 8 heteroatoms. The van der Waals surface area contributed by atoms with Crippen molar-refractivity contribution in [1.29, 1.82) is 0 Å². The maximum absolute atomic E-state index is 10.7. The molecule has 0 fully saturated rings. The van der Waals surface area contributed by atoms with Crippen LogP contribution in [0.2, 0.25) is 0 Å². The van der Waals surface area contributed by atoms with E-state index in [0.717, 1.165) is 11.1 Å². The molecule has 0 unspecified atom stereocenters. The standard InChI is InChI=1S/C15H14N.F6P/c1-13-3-5-14(6-4-13)7-8-15-9-11-16(2)12-10-15;1-7(2,3,4,5)6/h3-6,9-12H,1-2H3;/q+1;-1. The van der Waals surface area contributed by atoms with Gasteiger partial charge in [-0.3, -0.25) is 0 Å². The third kappa shape index (κ3) is 12.2. The Morgan fingerprint density at radius 1 is 0.739 bits per heavy atom. The molecule has 0 atom stereocenters. The summed E-state index contributed by atoms with van der Waals surface area (Å²) in [6.45, 7) is 2.08. The van der Waals surface area contributed by atoms with Crippen molar-refractivity contribution in [3.63, 3.8) is 0 Å². The first-order valence-electron chi connectivity index (χ1n) is 6.29. The molecule has 0 N–H and O–H groups in total. The van der Waals surface area contributed by atoms with Crippen LogP contribution in [0.3, 0.4) is 0 Å². The normalized spacial score (nSPS) is 13.6. The molecule has 0 aliphatic carbocycles. The van der Waals surface area contributed by atoms with Crippen molar-refractivity contribution in [2.75, 3.05) is 0 Å². The summed E-state index contributed by atoms with van der Waals surface area (Å²) in [4.78, 5) is 0. The molecule has 0 saturated carbocycles. The van der Waals surface area contributed by atoms with E-state index in [0.29, 0.717) is 0 Å². The molecule has 126 valence electrons. The summed E-state index contributed by atoms with van der Waals surface area (Å²) >= 11 is 0. The molecule has 0 aliphatic heterocycles. The number of benzene rings is 1. The van der Waals surface area contributed by atoms with E-state index in [4.69, 9.17) is 0 Å². The number of rotatable bonds is 0. The monoisotopic (exact) mass is 353 g/mol. The Bertz CT molecular complexity index is 661. The first-order chi connectivity index (χ1) is 10.2. The van der Waals surface area contributed by atoms with Crippen molar-refractivity contribution in [2.24, 2.45) is 7.05 Å². The molecule has 2 aromatic rings. The quantitative estimate of drug-likeness (QED) is 0.251. The molecule has 0 saturated heterocycles. The fraction of sp³-hybridized carbons (Fsp3) is 0.133. The first kappa shape index (κ1) is 19.0. The second kappa shape index (κ2) is 5.86. The van der Waals surface area contributed by atoms with Crippen LogP contribution in [-0.2, 0) is 7.05 Å². The van der Waals surface area contributed by atoms with Gasteiger partial charge in [-0.15, -0.1) is 0 Å². The van der Waals surface area contributed by atoms with Gasteiger partial charge in [0.2, 0.25) is 0 Å². The van der Waals surface area contributed by atoms with Crippen LogP contribution in [0, 0.1) is 18.8 Å². The van der Waals surface area contributed by atoms with Gasteiger partial charge in [-0.05, 0) is 19.1 Å².